The predicted octanol–water partition coefficient (Wildman–Crippen LogP) is 2.25. The fraction of sp³-hybridized carbons (Fsp3) is 0.500. The fourth-order valence-corrected chi connectivity index (χ4v) is 1.96. The molecular formula is C12H19Cl2N3O. The van der Waals surface area contributed by atoms with E-state index in [0.29, 0.717) is 12.3 Å². The van der Waals surface area contributed by atoms with Crippen molar-refractivity contribution in [3.8, 4) is 0 Å². The van der Waals surface area contributed by atoms with Crippen molar-refractivity contribution in [3.05, 3.63) is 24.5 Å². The van der Waals surface area contributed by atoms with Gasteiger partial charge in [0.25, 0.3) is 0 Å². The van der Waals surface area contributed by atoms with Gasteiger partial charge in [0.2, 0.25) is 5.91 Å². The maximum Gasteiger partial charge on any atom is 0.224 e. The first-order chi connectivity index (χ1) is 7.84. The van der Waals surface area contributed by atoms with Crippen LogP contribution in [0.3, 0.4) is 0 Å². The molecule has 2 N–H and O–H groups in total. The van der Waals surface area contributed by atoms with Crippen molar-refractivity contribution >= 4 is 36.4 Å². The van der Waals surface area contributed by atoms with Crippen molar-refractivity contribution in [2.45, 2.75) is 19.3 Å². The highest BCUT2D eigenvalue weighted by atomic mass is 35.5. The summed E-state index contributed by atoms with van der Waals surface area (Å²) in [7, 11) is 0. The number of aromatic nitrogens is 1. The highest BCUT2D eigenvalue weighted by Gasteiger charge is 2.15. The van der Waals surface area contributed by atoms with Crippen LogP contribution in [-0.4, -0.2) is 24.0 Å². The van der Waals surface area contributed by atoms with Gasteiger partial charge in [-0.2, -0.15) is 0 Å². The minimum Gasteiger partial charge on any atom is -0.325 e. The van der Waals surface area contributed by atoms with Crippen LogP contribution in [0.5, 0.6) is 0 Å². The lowest BCUT2D eigenvalue weighted by Crippen LogP contribution is -2.15. The summed E-state index contributed by atoms with van der Waals surface area (Å²) in [6.45, 7) is 2.15. The molecule has 1 atom stereocenters. The van der Waals surface area contributed by atoms with Crippen molar-refractivity contribution in [1.29, 1.82) is 0 Å². The molecule has 0 radical (unpaired) electrons. The zero-order valence-electron chi connectivity index (χ0n) is 10.1. The lowest BCUT2D eigenvalue weighted by Gasteiger charge is -2.08. The molecule has 18 heavy (non-hydrogen) atoms. The fourth-order valence-electron chi connectivity index (χ4n) is 1.96. The summed E-state index contributed by atoms with van der Waals surface area (Å²) in [4.78, 5) is 15.6. The Morgan fingerprint density at radius 1 is 1.50 bits per heavy atom. The van der Waals surface area contributed by atoms with Gasteiger partial charge in [-0.1, -0.05) is 0 Å². The number of amides is 1. The standard InChI is InChI=1S/C12H17N3O.2ClH/c16-12(4-3-10-5-7-14-8-10)15-11-2-1-6-13-9-11;;/h1-2,6,9-10,14H,3-5,7-8H2,(H,15,16);2*1H. The van der Waals surface area contributed by atoms with Crippen LogP contribution in [0.4, 0.5) is 5.69 Å². The molecule has 0 aliphatic carbocycles. The maximum atomic E-state index is 11.6. The molecule has 0 spiro atoms. The Labute approximate surface area is 120 Å². The number of halogens is 2. The lowest BCUT2D eigenvalue weighted by molar-refractivity contribution is -0.116. The Kier molecular flexibility index (Phi) is 8.71. The number of rotatable bonds is 4. The zero-order valence-corrected chi connectivity index (χ0v) is 11.7. The largest absolute Gasteiger partial charge is 0.325 e. The summed E-state index contributed by atoms with van der Waals surface area (Å²) in [5.74, 6) is 0.750. The number of anilines is 1. The lowest BCUT2D eigenvalue weighted by atomic mass is 10.0. The van der Waals surface area contributed by atoms with Crippen LogP contribution in [-0.2, 0) is 4.79 Å². The third-order valence-corrected chi connectivity index (χ3v) is 2.89. The van der Waals surface area contributed by atoms with E-state index in [1.54, 1.807) is 12.4 Å². The molecule has 1 fully saturated rings. The maximum absolute atomic E-state index is 11.6. The highest BCUT2D eigenvalue weighted by Crippen LogP contribution is 2.14. The molecule has 2 rings (SSSR count). The van der Waals surface area contributed by atoms with Gasteiger partial charge in [0.1, 0.15) is 0 Å². The molecule has 2 heterocycles. The van der Waals surface area contributed by atoms with E-state index in [2.05, 4.69) is 15.6 Å². The molecule has 1 saturated heterocycles. The average molecular weight is 292 g/mol. The van der Waals surface area contributed by atoms with Crippen LogP contribution in [0, 0.1) is 5.92 Å². The van der Waals surface area contributed by atoms with Crippen molar-refractivity contribution in [2.24, 2.45) is 5.92 Å². The number of hydrogen-bond donors (Lipinski definition) is 2. The van der Waals surface area contributed by atoms with E-state index in [9.17, 15) is 4.79 Å². The number of hydrogen-bond acceptors (Lipinski definition) is 3. The molecule has 102 valence electrons. The summed E-state index contributed by atoms with van der Waals surface area (Å²) in [6.07, 6.45) is 6.12. The molecule has 0 aromatic carbocycles. The van der Waals surface area contributed by atoms with Crippen molar-refractivity contribution in [3.63, 3.8) is 0 Å². The summed E-state index contributed by atoms with van der Waals surface area (Å²) in [6, 6.07) is 3.67. The van der Waals surface area contributed by atoms with Crippen LogP contribution in [0.15, 0.2) is 24.5 Å². The summed E-state index contributed by atoms with van der Waals surface area (Å²) in [5.41, 5.74) is 0.775. The van der Waals surface area contributed by atoms with Gasteiger partial charge in [-0.3, -0.25) is 9.78 Å². The average Bonchev–Trinajstić information content (AvgIpc) is 2.81. The molecular weight excluding hydrogens is 273 g/mol. The molecule has 1 aliphatic rings. The molecule has 1 unspecified atom stereocenters. The first kappa shape index (κ1) is 17.2. The molecule has 4 nitrogen and oxygen atoms in total. The number of pyridine rings is 1. The van der Waals surface area contributed by atoms with Gasteiger partial charge >= 0.3 is 0 Å². The molecule has 1 amide bonds. The Morgan fingerprint density at radius 3 is 2.94 bits per heavy atom. The molecule has 1 aliphatic heterocycles. The topological polar surface area (TPSA) is 54.0 Å². The van der Waals surface area contributed by atoms with Crippen molar-refractivity contribution < 1.29 is 4.79 Å². The van der Waals surface area contributed by atoms with E-state index in [1.807, 2.05) is 12.1 Å². The zero-order chi connectivity index (χ0) is 11.2. The third kappa shape index (κ3) is 5.67. The third-order valence-electron chi connectivity index (χ3n) is 2.89. The van der Waals surface area contributed by atoms with E-state index < -0.39 is 0 Å². The summed E-state index contributed by atoms with van der Waals surface area (Å²) >= 11 is 0. The first-order valence-electron chi connectivity index (χ1n) is 5.75. The number of nitrogens with one attached hydrogen (secondary N) is 2. The van der Waals surface area contributed by atoms with Crippen LogP contribution in [0.2, 0.25) is 0 Å². The SMILES string of the molecule is Cl.Cl.O=C(CCC1CCNC1)Nc1cccnc1. The van der Waals surface area contributed by atoms with Gasteiger partial charge in [-0.15, -0.1) is 24.8 Å². The minimum absolute atomic E-state index is 0. The normalized spacial score (nSPS) is 17.4. The summed E-state index contributed by atoms with van der Waals surface area (Å²) < 4.78 is 0. The highest BCUT2D eigenvalue weighted by molar-refractivity contribution is 5.90. The molecule has 0 bridgehead atoms. The molecule has 0 saturated carbocycles. The molecule has 1 aromatic heterocycles. The smallest absolute Gasteiger partial charge is 0.224 e. The molecule has 1 aromatic rings. The Bertz CT molecular complexity index is 342. The second-order valence-electron chi connectivity index (χ2n) is 4.19. The molecule has 6 heteroatoms. The van der Waals surface area contributed by atoms with Crippen LogP contribution < -0.4 is 10.6 Å². The van der Waals surface area contributed by atoms with E-state index in [1.165, 1.54) is 6.42 Å². The first-order valence-corrected chi connectivity index (χ1v) is 5.75. The van der Waals surface area contributed by atoms with Gasteiger partial charge in [0.15, 0.2) is 0 Å². The predicted molar refractivity (Wildman–Crippen MR) is 77.6 cm³/mol. The van der Waals surface area contributed by atoms with Crippen LogP contribution >= 0.6 is 24.8 Å². The van der Waals surface area contributed by atoms with Gasteiger partial charge in [0.05, 0.1) is 11.9 Å². The number of carbonyl (C=O) groups excluding carboxylic acids is 1. The second-order valence-corrected chi connectivity index (χ2v) is 4.19. The quantitative estimate of drug-likeness (QED) is 0.895. The minimum atomic E-state index is 0. The Hall–Kier alpha value is -0.840. The van der Waals surface area contributed by atoms with E-state index >= 15 is 0 Å². The van der Waals surface area contributed by atoms with E-state index in [4.69, 9.17) is 0 Å². The van der Waals surface area contributed by atoms with Gasteiger partial charge in [-0.05, 0) is 44.0 Å². The van der Waals surface area contributed by atoms with Gasteiger partial charge in [-0.25, -0.2) is 0 Å². The van der Waals surface area contributed by atoms with Crippen LogP contribution in [0.25, 0.3) is 0 Å². The van der Waals surface area contributed by atoms with Crippen LogP contribution in [0.1, 0.15) is 19.3 Å². The second kappa shape index (κ2) is 9.14. The Morgan fingerprint density at radius 2 is 2.33 bits per heavy atom. The van der Waals surface area contributed by atoms with E-state index in [-0.39, 0.29) is 30.7 Å². The monoisotopic (exact) mass is 291 g/mol. The number of carbonyl (C=O) groups is 1. The van der Waals surface area contributed by atoms with E-state index in [0.717, 1.165) is 25.2 Å². The Balaban J connectivity index is 0.00000144. The van der Waals surface area contributed by atoms with Gasteiger partial charge in [0, 0.05) is 12.6 Å². The number of nitrogens with zero attached hydrogens (tertiary/aromatic N) is 1. The summed E-state index contributed by atoms with van der Waals surface area (Å²) in [5, 5.41) is 6.15. The van der Waals surface area contributed by atoms with Crippen molar-refractivity contribution in [1.82, 2.24) is 10.3 Å². The van der Waals surface area contributed by atoms with Crippen molar-refractivity contribution in [2.75, 3.05) is 18.4 Å². The van der Waals surface area contributed by atoms with Gasteiger partial charge < -0.3 is 10.6 Å².